The first-order valence-electron chi connectivity index (χ1n) is 9.65. The van der Waals surface area contributed by atoms with Crippen LogP contribution in [0.15, 0.2) is 30.5 Å². The van der Waals surface area contributed by atoms with Crippen LogP contribution in [0.3, 0.4) is 0 Å². The molecule has 3 aromatic rings. The number of nitrogens with two attached hydrogens (primary N) is 1. The maximum atomic E-state index is 12.9. The van der Waals surface area contributed by atoms with E-state index in [0.29, 0.717) is 12.1 Å². The summed E-state index contributed by atoms with van der Waals surface area (Å²) in [6, 6.07) is 4.87. The number of ether oxygens (including phenoxy) is 1. The molecular weight excluding hydrogens is 399 g/mol. The van der Waals surface area contributed by atoms with Crippen molar-refractivity contribution in [1.82, 2.24) is 24.5 Å². The number of anilines is 3. The molecule has 0 saturated carbocycles. The highest BCUT2D eigenvalue weighted by Crippen LogP contribution is 2.31. The lowest BCUT2D eigenvalue weighted by molar-refractivity contribution is -0.137. The SMILES string of the molecule is Nc1ncc(CCCN2CCOCC2)n2nc(Nc3cccc(C(F)(F)F)c3)nc12. The molecule has 0 radical (unpaired) electrons. The van der Waals surface area contributed by atoms with Crippen LogP contribution in [0.25, 0.3) is 5.65 Å². The monoisotopic (exact) mass is 421 g/mol. The number of hydrogen-bond acceptors (Lipinski definition) is 7. The Morgan fingerprint density at radius 2 is 2.00 bits per heavy atom. The molecule has 1 aliphatic heterocycles. The van der Waals surface area contributed by atoms with Crippen molar-refractivity contribution in [1.29, 1.82) is 0 Å². The molecule has 3 heterocycles. The van der Waals surface area contributed by atoms with Gasteiger partial charge in [-0.05, 0) is 37.6 Å². The molecule has 11 heteroatoms. The lowest BCUT2D eigenvalue weighted by Crippen LogP contribution is -2.37. The molecule has 3 N–H and O–H groups in total. The standard InChI is InChI=1S/C19H22F3N7O/c20-19(21,22)13-3-1-4-14(11-13)25-18-26-17-16(23)24-12-15(29(17)27-18)5-2-6-28-7-9-30-10-8-28/h1,3-4,11-12H,2,5-10H2,(H2,23,24)(H,25,27). The largest absolute Gasteiger partial charge is 0.416 e. The Labute approximate surface area is 170 Å². The van der Waals surface area contributed by atoms with E-state index in [2.05, 4.69) is 25.3 Å². The minimum atomic E-state index is -4.42. The number of fused-ring (bicyclic) bond motifs is 1. The Morgan fingerprint density at radius 3 is 2.77 bits per heavy atom. The number of rotatable bonds is 6. The van der Waals surface area contributed by atoms with Gasteiger partial charge < -0.3 is 15.8 Å². The molecule has 160 valence electrons. The van der Waals surface area contributed by atoms with Gasteiger partial charge in [0.15, 0.2) is 11.5 Å². The van der Waals surface area contributed by atoms with Gasteiger partial charge in [-0.15, -0.1) is 5.10 Å². The van der Waals surface area contributed by atoms with Crippen LogP contribution in [0, 0.1) is 0 Å². The fourth-order valence-electron chi connectivity index (χ4n) is 3.37. The number of alkyl halides is 3. The molecule has 2 aromatic heterocycles. The third-order valence-electron chi connectivity index (χ3n) is 4.92. The molecule has 8 nitrogen and oxygen atoms in total. The number of nitrogens with zero attached hydrogens (tertiary/aromatic N) is 5. The van der Waals surface area contributed by atoms with E-state index in [-0.39, 0.29) is 17.5 Å². The van der Waals surface area contributed by atoms with Crippen LogP contribution >= 0.6 is 0 Å². The van der Waals surface area contributed by atoms with Gasteiger partial charge >= 0.3 is 6.18 Å². The van der Waals surface area contributed by atoms with Crippen molar-refractivity contribution >= 4 is 23.1 Å². The minimum absolute atomic E-state index is 0.156. The number of benzene rings is 1. The first-order chi connectivity index (χ1) is 14.4. The zero-order valence-electron chi connectivity index (χ0n) is 16.2. The normalized spacial score (nSPS) is 15.6. The summed E-state index contributed by atoms with van der Waals surface area (Å²) in [5.74, 6) is 0.361. The summed E-state index contributed by atoms with van der Waals surface area (Å²) in [5, 5.41) is 7.21. The van der Waals surface area contributed by atoms with Gasteiger partial charge in [0, 0.05) is 18.8 Å². The van der Waals surface area contributed by atoms with Gasteiger partial charge in [0.2, 0.25) is 5.95 Å². The highest BCUT2D eigenvalue weighted by molar-refractivity contribution is 5.64. The first kappa shape index (κ1) is 20.4. The molecule has 0 atom stereocenters. The minimum Gasteiger partial charge on any atom is -0.381 e. The second-order valence-electron chi connectivity index (χ2n) is 7.07. The lowest BCUT2D eigenvalue weighted by Gasteiger charge is -2.26. The van der Waals surface area contributed by atoms with Crippen LogP contribution in [-0.4, -0.2) is 57.3 Å². The average Bonchev–Trinajstić information content (AvgIpc) is 3.15. The first-order valence-corrected chi connectivity index (χ1v) is 9.65. The molecule has 4 rings (SSSR count). The van der Waals surface area contributed by atoms with Gasteiger partial charge in [-0.3, -0.25) is 4.90 Å². The Hall–Kier alpha value is -2.92. The van der Waals surface area contributed by atoms with Gasteiger partial charge in [-0.1, -0.05) is 6.07 Å². The predicted octanol–water partition coefficient (Wildman–Crippen LogP) is 2.73. The molecule has 0 spiro atoms. The zero-order valence-corrected chi connectivity index (χ0v) is 16.2. The Kier molecular flexibility index (Phi) is 5.73. The van der Waals surface area contributed by atoms with E-state index < -0.39 is 11.7 Å². The van der Waals surface area contributed by atoms with Gasteiger partial charge in [0.25, 0.3) is 0 Å². The Bertz CT molecular complexity index is 1020. The highest BCUT2D eigenvalue weighted by atomic mass is 19.4. The molecule has 0 aliphatic carbocycles. The quantitative estimate of drug-likeness (QED) is 0.632. The zero-order chi connectivity index (χ0) is 21.1. The summed E-state index contributed by atoms with van der Waals surface area (Å²) in [6.07, 6.45) is -1.15. The molecule has 1 aliphatic rings. The summed E-state index contributed by atoms with van der Waals surface area (Å²) in [4.78, 5) is 10.8. The number of hydrogen-bond donors (Lipinski definition) is 2. The van der Waals surface area contributed by atoms with Crippen molar-refractivity contribution in [3.05, 3.63) is 41.7 Å². The number of halogens is 3. The fraction of sp³-hybridized carbons (Fsp3) is 0.421. The maximum Gasteiger partial charge on any atom is 0.416 e. The predicted molar refractivity (Wildman–Crippen MR) is 106 cm³/mol. The van der Waals surface area contributed by atoms with Gasteiger partial charge in [0.1, 0.15) is 0 Å². The topological polar surface area (TPSA) is 93.6 Å². The molecular formula is C19H22F3N7O. The van der Waals surface area contributed by atoms with E-state index in [1.165, 1.54) is 12.1 Å². The van der Waals surface area contributed by atoms with Crippen molar-refractivity contribution in [3.8, 4) is 0 Å². The molecule has 1 saturated heterocycles. The number of aromatic nitrogens is 4. The van der Waals surface area contributed by atoms with E-state index in [9.17, 15) is 13.2 Å². The molecule has 0 bridgehead atoms. The summed E-state index contributed by atoms with van der Waals surface area (Å²) in [6.45, 7) is 4.27. The number of nitrogen functional groups attached to an aromatic ring is 1. The van der Waals surface area contributed by atoms with E-state index in [1.54, 1.807) is 10.7 Å². The number of nitrogens with one attached hydrogen (secondary N) is 1. The van der Waals surface area contributed by atoms with E-state index >= 15 is 0 Å². The van der Waals surface area contributed by atoms with Crippen molar-refractivity contribution in [2.45, 2.75) is 19.0 Å². The van der Waals surface area contributed by atoms with Crippen LogP contribution in [0.1, 0.15) is 17.7 Å². The third kappa shape index (κ3) is 4.62. The second-order valence-corrected chi connectivity index (χ2v) is 7.07. The van der Waals surface area contributed by atoms with Crippen LogP contribution < -0.4 is 11.1 Å². The van der Waals surface area contributed by atoms with Gasteiger partial charge in [-0.2, -0.15) is 18.2 Å². The van der Waals surface area contributed by atoms with E-state index in [1.807, 2.05) is 0 Å². The Balaban J connectivity index is 1.50. The highest BCUT2D eigenvalue weighted by Gasteiger charge is 2.30. The van der Waals surface area contributed by atoms with E-state index in [0.717, 1.165) is 57.1 Å². The van der Waals surface area contributed by atoms with E-state index in [4.69, 9.17) is 10.5 Å². The van der Waals surface area contributed by atoms with Gasteiger partial charge in [0.05, 0.1) is 30.7 Å². The summed E-state index contributed by atoms with van der Waals surface area (Å²) in [7, 11) is 0. The van der Waals surface area contributed by atoms with Crippen molar-refractivity contribution in [2.75, 3.05) is 43.9 Å². The average molecular weight is 421 g/mol. The van der Waals surface area contributed by atoms with Gasteiger partial charge in [-0.25, -0.2) is 9.50 Å². The second kappa shape index (κ2) is 8.44. The summed E-state index contributed by atoms with van der Waals surface area (Å²) < 4.78 is 45.8. The molecule has 1 fully saturated rings. The van der Waals surface area contributed by atoms with Crippen molar-refractivity contribution in [2.24, 2.45) is 0 Å². The third-order valence-corrected chi connectivity index (χ3v) is 4.92. The summed E-state index contributed by atoms with van der Waals surface area (Å²) >= 11 is 0. The smallest absolute Gasteiger partial charge is 0.381 e. The molecule has 1 aromatic carbocycles. The van der Waals surface area contributed by atoms with Crippen LogP contribution in [-0.2, 0) is 17.3 Å². The number of aryl methyl sites for hydroxylation is 1. The lowest BCUT2D eigenvalue weighted by atomic mass is 10.2. The van der Waals surface area contributed by atoms with Crippen molar-refractivity contribution < 1.29 is 17.9 Å². The molecule has 0 unspecified atom stereocenters. The molecule has 0 amide bonds. The molecule has 30 heavy (non-hydrogen) atoms. The van der Waals surface area contributed by atoms with Crippen molar-refractivity contribution in [3.63, 3.8) is 0 Å². The van der Waals surface area contributed by atoms with Crippen LogP contribution in [0.4, 0.5) is 30.6 Å². The fourth-order valence-corrected chi connectivity index (χ4v) is 3.37. The maximum absolute atomic E-state index is 12.9. The van der Waals surface area contributed by atoms with Crippen LogP contribution in [0.2, 0.25) is 0 Å². The number of morpholine rings is 1. The Morgan fingerprint density at radius 1 is 1.20 bits per heavy atom. The summed E-state index contributed by atoms with van der Waals surface area (Å²) in [5.41, 5.74) is 6.61. The van der Waals surface area contributed by atoms with Crippen LogP contribution in [0.5, 0.6) is 0 Å².